The quantitative estimate of drug-likeness (QED) is 0.779. The highest BCUT2D eigenvalue weighted by atomic mass is 35.5. The van der Waals surface area contributed by atoms with Crippen molar-refractivity contribution in [2.45, 2.75) is 25.1 Å². The number of carbonyl (C=O) groups excluding carboxylic acids is 1. The molecular weight excluding hydrogens is 220 g/mol. The normalized spacial score (nSPS) is 23.9. The lowest BCUT2D eigenvalue weighted by Crippen LogP contribution is -2.53. The van der Waals surface area contributed by atoms with Crippen LogP contribution in [0.3, 0.4) is 0 Å². The Balaban J connectivity index is 0.00000169. The maximum atomic E-state index is 11.8. The second kappa shape index (κ2) is 6.53. The number of nitrogens with zero attached hydrogens (tertiary/aromatic N) is 1. The molecule has 1 unspecified atom stereocenters. The van der Waals surface area contributed by atoms with Gasteiger partial charge >= 0.3 is 0 Å². The topological polar surface area (TPSA) is 32.3 Å². The third-order valence-electron chi connectivity index (χ3n) is 2.38. The van der Waals surface area contributed by atoms with Crippen molar-refractivity contribution >= 4 is 30.1 Å². The summed E-state index contributed by atoms with van der Waals surface area (Å²) < 4.78 is 0. The molecule has 1 aliphatic heterocycles. The molecule has 1 heterocycles. The SMILES string of the molecule is CSC(C)C(=O)N1CCN[C@@H](C)C1.Cl. The van der Waals surface area contributed by atoms with Gasteiger partial charge in [-0.25, -0.2) is 0 Å². The summed E-state index contributed by atoms with van der Waals surface area (Å²) in [6.45, 7) is 6.72. The Morgan fingerprint density at radius 2 is 2.29 bits per heavy atom. The molecule has 0 aromatic rings. The van der Waals surface area contributed by atoms with Crippen molar-refractivity contribution in [3.8, 4) is 0 Å². The highest BCUT2D eigenvalue weighted by molar-refractivity contribution is 7.99. The summed E-state index contributed by atoms with van der Waals surface area (Å²) in [6.07, 6.45) is 1.98. The molecule has 0 radical (unpaired) electrons. The lowest BCUT2D eigenvalue weighted by molar-refractivity contribution is -0.131. The zero-order valence-corrected chi connectivity index (χ0v) is 10.6. The summed E-state index contributed by atoms with van der Waals surface area (Å²) in [4.78, 5) is 13.7. The van der Waals surface area contributed by atoms with Crippen molar-refractivity contribution in [1.82, 2.24) is 10.2 Å². The van der Waals surface area contributed by atoms with E-state index >= 15 is 0 Å². The number of hydrogen-bond acceptors (Lipinski definition) is 3. The van der Waals surface area contributed by atoms with Crippen LogP contribution in [0.2, 0.25) is 0 Å². The number of hydrogen-bond donors (Lipinski definition) is 1. The Bertz CT molecular complexity index is 192. The van der Waals surface area contributed by atoms with Crippen LogP contribution in [0.5, 0.6) is 0 Å². The van der Waals surface area contributed by atoms with E-state index in [2.05, 4.69) is 12.2 Å². The van der Waals surface area contributed by atoms with Crippen LogP contribution in [0.25, 0.3) is 0 Å². The monoisotopic (exact) mass is 238 g/mol. The molecule has 5 heteroatoms. The smallest absolute Gasteiger partial charge is 0.235 e. The van der Waals surface area contributed by atoms with E-state index in [0.717, 1.165) is 19.6 Å². The van der Waals surface area contributed by atoms with Gasteiger partial charge < -0.3 is 10.2 Å². The van der Waals surface area contributed by atoms with Gasteiger partial charge in [0.05, 0.1) is 5.25 Å². The largest absolute Gasteiger partial charge is 0.339 e. The third kappa shape index (κ3) is 3.67. The predicted octanol–water partition coefficient (Wildman–Crippen LogP) is 0.980. The fraction of sp³-hybridized carbons (Fsp3) is 0.889. The molecule has 0 aliphatic carbocycles. The van der Waals surface area contributed by atoms with Crippen LogP contribution in [0.1, 0.15) is 13.8 Å². The molecule has 0 aromatic heterocycles. The van der Waals surface area contributed by atoms with Crippen LogP contribution >= 0.6 is 24.2 Å². The maximum Gasteiger partial charge on any atom is 0.235 e. The summed E-state index contributed by atoms with van der Waals surface area (Å²) in [5, 5.41) is 3.43. The van der Waals surface area contributed by atoms with Gasteiger partial charge in [-0.15, -0.1) is 12.4 Å². The van der Waals surface area contributed by atoms with Gasteiger partial charge in [0.15, 0.2) is 0 Å². The number of carbonyl (C=O) groups is 1. The molecule has 0 saturated carbocycles. The first kappa shape index (κ1) is 14.1. The summed E-state index contributed by atoms with van der Waals surface area (Å²) >= 11 is 1.62. The minimum atomic E-state index is 0. The molecule has 0 spiro atoms. The highest BCUT2D eigenvalue weighted by Gasteiger charge is 2.23. The predicted molar refractivity (Wildman–Crippen MR) is 64.3 cm³/mol. The first-order valence-corrected chi connectivity index (χ1v) is 5.99. The van der Waals surface area contributed by atoms with E-state index < -0.39 is 0 Å². The summed E-state index contributed by atoms with van der Waals surface area (Å²) in [6, 6.07) is 0.437. The number of piperazine rings is 1. The molecule has 84 valence electrons. The van der Waals surface area contributed by atoms with Crippen molar-refractivity contribution in [1.29, 1.82) is 0 Å². The second-order valence-electron chi connectivity index (χ2n) is 3.52. The molecule has 2 atom stereocenters. The Kier molecular flexibility index (Phi) is 6.57. The fourth-order valence-electron chi connectivity index (χ4n) is 1.49. The molecule has 0 bridgehead atoms. The van der Waals surface area contributed by atoms with Gasteiger partial charge in [-0.3, -0.25) is 4.79 Å². The Hall–Kier alpha value is 0.0700. The van der Waals surface area contributed by atoms with Gasteiger partial charge in [-0.2, -0.15) is 11.8 Å². The molecule has 1 aliphatic rings. The zero-order valence-electron chi connectivity index (χ0n) is 8.95. The van der Waals surface area contributed by atoms with Gasteiger partial charge in [-0.05, 0) is 20.1 Å². The van der Waals surface area contributed by atoms with Crippen molar-refractivity contribution in [2.75, 3.05) is 25.9 Å². The van der Waals surface area contributed by atoms with E-state index in [1.807, 2.05) is 18.1 Å². The van der Waals surface area contributed by atoms with Gasteiger partial charge in [0.25, 0.3) is 0 Å². The van der Waals surface area contributed by atoms with E-state index in [4.69, 9.17) is 0 Å². The van der Waals surface area contributed by atoms with Crippen molar-refractivity contribution in [3.05, 3.63) is 0 Å². The van der Waals surface area contributed by atoms with E-state index in [-0.39, 0.29) is 23.6 Å². The van der Waals surface area contributed by atoms with Gasteiger partial charge in [-0.1, -0.05) is 0 Å². The minimum absolute atomic E-state index is 0. The molecule has 1 fully saturated rings. The molecule has 1 N–H and O–H groups in total. The molecular formula is C9H19ClN2OS. The number of rotatable bonds is 2. The standard InChI is InChI=1S/C9H18N2OS.ClH/c1-7-6-11(5-4-10-7)9(12)8(2)13-3;/h7-8,10H,4-6H2,1-3H3;1H/t7-,8?;/m0./s1. The summed E-state index contributed by atoms with van der Waals surface area (Å²) in [7, 11) is 0. The maximum absolute atomic E-state index is 11.8. The van der Waals surface area contributed by atoms with Crippen LogP contribution in [-0.2, 0) is 4.79 Å². The average molecular weight is 239 g/mol. The lowest BCUT2D eigenvalue weighted by Gasteiger charge is -2.33. The summed E-state index contributed by atoms with van der Waals surface area (Å²) in [5.74, 6) is 0.279. The first-order valence-electron chi connectivity index (χ1n) is 4.70. The van der Waals surface area contributed by atoms with Crippen molar-refractivity contribution in [3.63, 3.8) is 0 Å². The molecule has 1 rings (SSSR count). The van der Waals surface area contributed by atoms with Gasteiger partial charge in [0, 0.05) is 25.7 Å². The molecule has 0 aromatic carbocycles. The van der Waals surface area contributed by atoms with Crippen LogP contribution in [-0.4, -0.2) is 48.0 Å². The number of nitrogens with one attached hydrogen (secondary N) is 1. The Labute approximate surface area is 96.4 Å². The van der Waals surface area contributed by atoms with Crippen LogP contribution in [0.15, 0.2) is 0 Å². The van der Waals surface area contributed by atoms with E-state index in [1.165, 1.54) is 0 Å². The van der Waals surface area contributed by atoms with Crippen molar-refractivity contribution in [2.24, 2.45) is 0 Å². The van der Waals surface area contributed by atoms with Crippen molar-refractivity contribution < 1.29 is 4.79 Å². The molecule has 1 saturated heterocycles. The van der Waals surface area contributed by atoms with Crippen LogP contribution in [0.4, 0.5) is 0 Å². The van der Waals surface area contributed by atoms with E-state index in [9.17, 15) is 4.79 Å². The molecule has 1 amide bonds. The number of thioether (sulfide) groups is 1. The van der Waals surface area contributed by atoms with E-state index in [0.29, 0.717) is 6.04 Å². The third-order valence-corrected chi connectivity index (χ3v) is 3.29. The highest BCUT2D eigenvalue weighted by Crippen LogP contribution is 2.10. The molecule has 3 nitrogen and oxygen atoms in total. The van der Waals surface area contributed by atoms with Gasteiger partial charge in [0.2, 0.25) is 5.91 Å². The zero-order chi connectivity index (χ0) is 9.84. The fourth-order valence-corrected chi connectivity index (χ4v) is 1.84. The van der Waals surface area contributed by atoms with E-state index in [1.54, 1.807) is 11.8 Å². The van der Waals surface area contributed by atoms with Crippen LogP contribution in [0, 0.1) is 0 Å². The minimum Gasteiger partial charge on any atom is -0.339 e. The second-order valence-corrected chi connectivity index (χ2v) is 4.70. The average Bonchev–Trinajstić information content (AvgIpc) is 2.15. The Morgan fingerprint density at radius 3 is 2.79 bits per heavy atom. The summed E-state index contributed by atoms with van der Waals surface area (Å²) in [5.41, 5.74) is 0. The molecule has 14 heavy (non-hydrogen) atoms. The van der Waals surface area contributed by atoms with Crippen LogP contribution < -0.4 is 5.32 Å². The number of amides is 1. The first-order chi connectivity index (χ1) is 6.15. The lowest BCUT2D eigenvalue weighted by atomic mass is 10.2. The number of halogens is 1. The Morgan fingerprint density at radius 1 is 1.64 bits per heavy atom. The van der Waals surface area contributed by atoms with Gasteiger partial charge in [0.1, 0.15) is 0 Å².